The number of nitrogens with zero attached hydrogens (tertiary/aromatic N) is 1. The molecular weight excluding hydrogens is 310 g/mol. The minimum absolute atomic E-state index is 0.182. The summed E-state index contributed by atoms with van der Waals surface area (Å²) in [6.45, 7) is 10.8. The molecule has 0 aromatic heterocycles. The van der Waals surface area contributed by atoms with Crippen LogP contribution in [0.3, 0.4) is 0 Å². The molecule has 4 nitrogen and oxygen atoms in total. The average Bonchev–Trinajstić information content (AvgIpc) is 2.55. The summed E-state index contributed by atoms with van der Waals surface area (Å²) in [5.41, 5.74) is 2.47. The van der Waals surface area contributed by atoms with Gasteiger partial charge in [-0.05, 0) is 37.5 Å². The first-order valence-electron chi connectivity index (χ1n) is 8.67. The summed E-state index contributed by atoms with van der Waals surface area (Å²) >= 11 is 6.12. The number of quaternary nitrogens is 1. The minimum Gasteiger partial charge on any atom is -0.360 e. The summed E-state index contributed by atoms with van der Waals surface area (Å²) in [5.74, 6) is 0.182. The van der Waals surface area contributed by atoms with Gasteiger partial charge in [0.25, 0.3) is 5.91 Å². The molecule has 0 spiro atoms. The van der Waals surface area contributed by atoms with Gasteiger partial charge in [-0.15, -0.1) is 0 Å². The van der Waals surface area contributed by atoms with Gasteiger partial charge in [-0.2, -0.15) is 0 Å². The van der Waals surface area contributed by atoms with Gasteiger partial charge >= 0.3 is 0 Å². The third-order valence-corrected chi connectivity index (χ3v) is 4.98. The number of benzene rings is 1. The van der Waals surface area contributed by atoms with Gasteiger partial charge in [0.05, 0.1) is 26.2 Å². The van der Waals surface area contributed by atoms with Crippen LogP contribution in [-0.2, 0) is 4.79 Å². The second kappa shape index (κ2) is 8.55. The summed E-state index contributed by atoms with van der Waals surface area (Å²) in [4.78, 5) is 15.9. The van der Waals surface area contributed by atoms with Crippen molar-refractivity contribution in [2.24, 2.45) is 0 Å². The van der Waals surface area contributed by atoms with Crippen molar-refractivity contribution in [1.82, 2.24) is 5.32 Å². The zero-order chi connectivity index (χ0) is 16.8. The lowest BCUT2D eigenvalue weighted by molar-refractivity contribution is -0.892. The number of piperazine rings is 1. The maximum absolute atomic E-state index is 12.1. The Morgan fingerprint density at radius 1 is 1.30 bits per heavy atom. The van der Waals surface area contributed by atoms with E-state index in [1.54, 1.807) is 0 Å². The Morgan fingerprint density at radius 2 is 1.96 bits per heavy atom. The van der Waals surface area contributed by atoms with Crippen LogP contribution < -0.4 is 15.1 Å². The quantitative estimate of drug-likeness (QED) is 0.827. The van der Waals surface area contributed by atoms with Gasteiger partial charge in [-0.1, -0.05) is 31.5 Å². The van der Waals surface area contributed by atoms with E-state index >= 15 is 0 Å². The van der Waals surface area contributed by atoms with Crippen molar-refractivity contribution in [2.45, 2.75) is 39.7 Å². The Kier molecular flexibility index (Phi) is 6.72. The molecule has 0 unspecified atom stereocenters. The predicted octanol–water partition coefficient (Wildman–Crippen LogP) is 1.66. The van der Waals surface area contributed by atoms with E-state index in [9.17, 15) is 4.79 Å². The zero-order valence-corrected chi connectivity index (χ0v) is 15.2. The van der Waals surface area contributed by atoms with Crippen molar-refractivity contribution in [1.29, 1.82) is 0 Å². The Morgan fingerprint density at radius 3 is 2.57 bits per heavy atom. The number of halogens is 1. The first-order chi connectivity index (χ1) is 11.0. The number of amides is 1. The third-order valence-electron chi connectivity index (χ3n) is 4.74. The highest BCUT2D eigenvalue weighted by molar-refractivity contribution is 6.30. The maximum Gasteiger partial charge on any atom is 0.275 e. The second-order valence-electron chi connectivity index (χ2n) is 6.43. The molecular formula is C18H29ClN3O+. The fourth-order valence-electron chi connectivity index (χ4n) is 3.16. The monoisotopic (exact) mass is 338 g/mol. The van der Waals surface area contributed by atoms with Gasteiger partial charge in [-0.3, -0.25) is 4.79 Å². The zero-order valence-electron chi connectivity index (χ0n) is 14.5. The van der Waals surface area contributed by atoms with Gasteiger partial charge in [0, 0.05) is 16.8 Å². The van der Waals surface area contributed by atoms with E-state index in [0.717, 1.165) is 44.0 Å². The number of anilines is 1. The topological polar surface area (TPSA) is 36.8 Å². The van der Waals surface area contributed by atoms with Crippen molar-refractivity contribution in [3.63, 3.8) is 0 Å². The molecule has 5 heteroatoms. The van der Waals surface area contributed by atoms with Crippen LogP contribution in [0.25, 0.3) is 0 Å². The van der Waals surface area contributed by atoms with E-state index in [1.165, 1.54) is 16.2 Å². The standard InChI is InChI=1S/C18H28ClN3O/c1-4-16(5-2)20-18(23)13-21-8-10-22(11-9-21)17-12-15(19)7-6-14(17)3/h6-7,12,16H,4-5,8-11,13H2,1-3H3,(H,20,23)/p+1. The Labute approximate surface area is 144 Å². The van der Waals surface area contributed by atoms with E-state index in [0.29, 0.717) is 12.6 Å². The molecule has 23 heavy (non-hydrogen) atoms. The van der Waals surface area contributed by atoms with Gasteiger partial charge in [0.2, 0.25) is 0 Å². The first kappa shape index (κ1) is 18.1. The first-order valence-corrected chi connectivity index (χ1v) is 9.05. The lowest BCUT2D eigenvalue weighted by Crippen LogP contribution is -3.16. The summed E-state index contributed by atoms with van der Waals surface area (Å²) in [5, 5.41) is 3.91. The molecule has 1 aliphatic rings. The van der Waals surface area contributed by atoms with Gasteiger partial charge in [0.15, 0.2) is 6.54 Å². The molecule has 128 valence electrons. The van der Waals surface area contributed by atoms with Crippen LogP contribution in [0.2, 0.25) is 5.02 Å². The number of carbonyl (C=O) groups is 1. The summed E-state index contributed by atoms with van der Waals surface area (Å²) < 4.78 is 0. The van der Waals surface area contributed by atoms with Crippen LogP contribution in [0.15, 0.2) is 18.2 Å². The normalized spacial score (nSPS) is 16.0. The fourth-order valence-corrected chi connectivity index (χ4v) is 3.33. The number of hydrogen-bond acceptors (Lipinski definition) is 2. The SMILES string of the molecule is CCC(CC)NC(=O)C[NH+]1CCN(c2cc(Cl)ccc2C)CC1. The van der Waals surface area contributed by atoms with Gasteiger partial charge in [-0.25, -0.2) is 0 Å². The van der Waals surface area contributed by atoms with Crippen molar-refractivity contribution in [2.75, 3.05) is 37.6 Å². The Hall–Kier alpha value is -1.26. The van der Waals surface area contributed by atoms with Crippen LogP contribution in [-0.4, -0.2) is 44.7 Å². The van der Waals surface area contributed by atoms with Crippen LogP contribution in [0, 0.1) is 6.92 Å². The van der Waals surface area contributed by atoms with Crippen molar-refractivity contribution in [3.8, 4) is 0 Å². The minimum atomic E-state index is 0.182. The maximum atomic E-state index is 12.1. The van der Waals surface area contributed by atoms with Gasteiger partial charge < -0.3 is 15.1 Å². The van der Waals surface area contributed by atoms with Crippen LogP contribution >= 0.6 is 11.6 Å². The molecule has 1 aromatic carbocycles. The second-order valence-corrected chi connectivity index (χ2v) is 6.86. The van der Waals surface area contributed by atoms with E-state index in [4.69, 9.17) is 11.6 Å². The molecule has 0 bridgehead atoms. The lowest BCUT2D eigenvalue weighted by atomic mass is 10.1. The molecule has 1 amide bonds. The van der Waals surface area contributed by atoms with E-state index in [2.05, 4.69) is 37.1 Å². The molecule has 1 heterocycles. The molecule has 0 atom stereocenters. The largest absolute Gasteiger partial charge is 0.360 e. The predicted molar refractivity (Wildman–Crippen MR) is 96.5 cm³/mol. The molecule has 1 aliphatic heterocycles. The van der Waals surface area contributed by atoms with E-state index in [1.807, 2.05) is 12.1 Å². The van der Waals surface area contributed by atoms with Crippen LogP contribution in [0.5, 0.6) is 0 Å². The molecule has 1 aromatic rings. The number of nitrogens with one attached hydrogen (secondary N) is 2. The molecule has 0 saturated carbocycles. The van der Waals surface area contributed by atoms with Crippen molar-refractivity contribution >= 4 is 23.2 Å². The highest BCUT2D eigenvalue weighted by Crippen LogP contribution is 2.24. The highest BCUT2D eigenvalue weighted by Gasteiger charge is 2.23. The van der Waals surface area contributed by atoms with Crippen LogP contribution in [0.1, 0.15) is 32.3 Å². The number of aryl methyl sites for hydroxylation is 1. The molecule has 2 N–H and O–H groups in total. The van der Waals surface area contributed by atoms with Gasteiger partial charge in [0.1, 0.15) is 0 Å². The number of rotatable bonds is 6. The smallest absolute Gasteiger partial charge is 0.275 e. The summed E-state index contributed by atoms with van der Waals surface area (Å²) in [7, 11) is 0. The van der Waals surface area contributed by atoms with E-state index in [-0.39, 0.29) is 5.91 Å². The third kappa shape index (κ3) is 5.11. The summed E-state index contributed by atoms with van der Waals surface area (Å²) in [6, 6.07) is 6.36. The van der Waals surface area contributed by atoms with Crippen LogP contribution in [0.4, 0.5) is 5.69 Å². The number of carbonyl (C=O) groups excluding carboxylic acids is 1. The lowest BCUT2D eigenvalue weighted by Gasteiger charge is -2.34. The molecule has 0 radical (unpaired) electrons. The Bertz CT molecular complexity index is 523. The van der Waals surface area contributed by atoms with Crippen molar-refractivity contribution in [3.05, 3.63) is 28.8 Å². The average molecular weight is 339 g/mol. The van der Waals surface area contributed by atoms with E-state index < -0.39 is 0 Å². The molecule has 1 saturated heterocycles. The molecule has 0 aliphatic carbocycles. The van der Waals surface area contributed by atoms with Crippen molar-refractivity contribution < 1.29 is 9.69 Å². The Balaban J connectivity index is 1.84. The summed E-state index contributed by atoms with van der Waals surface area (Å²) in [6.07, 6.45) is 2.00. The number of hydrogen-bond donors (Lipinski definition) is 2. The molecule has 1 fully saturated rings. The fraction of sp³-hybridized carbons (Fsp3) is 0.611. The highest BCUT2D eigenvalue weighted by atomic mass is 35.5. The molecule has 2 rings (SSSR count).